The minimum absolute atomic E-state index is 0.0422. The van der Waals surface area contributed by atoms with Gasteiger partial charge in [0, 0.05) is 24.7 Å². The van der Waals surface area contributed by atoms with Crippen molar-refractivity contribution in [3.63, 3.8) is 0 Å². The van der Waals surface area contributed by atoms with Crippen molar-refractivity contribution in [2.45, 2.75) is 59.2 Å². The molecule has 2 aromatic carbocycles. The van der Waals surface area contributed by atoms with Gasteiger partial charge < -0.3 is 15.0 Å². The van der Waals surface area contributed by atoms with Gasteiger partial charge in [0.15, 0.2) is 0 Å². The lowest BCUT2D eigenvalue weighted by molar-refractivity contribution is -0.384. The molecule has 0 heterocycles. The standard InChI is InChI=1S/C26H36N4O7S/c1-7-19(4)27-26(32)22(8-2)28(16-20-11-9-10-18(3)14-20)25(31)17-29(38(6,35)36)23-15-21(30(33)34)12-13-24(23)37-5/h9-15,19,22H,7-8,16-17H2,1-6H3,(H,27,32)/t19-,22+/m0/s1. The highest BCUT2D eigenvalue weighted by atomic mass is 32.2. The number of nitrogens with zero attached hydrogens (tertiary/aromatic N) is 3. The minimum atomic E-state index is -4.09. The zero-order valence-electron chi connectivity index (χ0n) is 22.6. The molecule has 1 N–H and O–H groups in total. The smallest absolute Gasteiger partial charge is 0.271 e. The van der Waals surface area contributed by atoms with Gasteiger partial charge in [-0.1, -0.05) is 43.7 Å². The van der Waals surface area contributed by atoms with Crippen molar-refractivity contribution >= 4 is 33.2 Å². The number of nitro groups is 1. The second kappa shape index (κ2) is 13.2. The van der Waals surface area contributed by atoms with Crippen molar-refractivity contribution in [1.29, 1.82) is 0 Å². The van der Waals surface area contributed by atoms with E-state index >= 15 is 0 Å². The van der Waals surface area contributed by atoms with Crippen LogP contribution >= 0.6 is 0 Å². The number of carbonyl (C=O) groups is 2. The Morgan fingerprint density at radius 2 is 1.82 bits per heavy atom. The number of nitrogens with one attached hydrogen (secondary N) is 1. The summed E-state index contributed by atoms with van der Waals surface area (Å²) in [5.74, 6) is -0.945. The summed E-state index contributed by atoms with van der Waals surface area (Å²) in [6, 6.07) is 9.97. The van der Waals surface area contributed by atoms with Crippen molar-refractivity contribution in [3.8, 4) is 5.75 Å². The van der Waals surface area contributed by atoms with Crippen molar-refractivity contribution in [2.75, 3.05) is 24.2 Å². The van der Waals surface area contributed by atoms with Crippen LogP contribution in [0.5, 0.6) is 5.75 Å². The summed E-state index contributed by atoms with van der Waals surface area (Å²) in [6.07, 6.45) is 1.89. The lowest BCUT2D eigenvalue weighted by Gasteiger charge is -2.33. The monoisotopic (exact) mass is 548 g/mol. The van der Waals surface area contributed by atoms with Crippen LogP contribution in [-0.4, -0.2) is 62.0 Å². The number of nitro benzene ring substituents is 1. The Balaban J connectivity index is 2.56. The summed E-state index contributed by atoms with van der Waals surface area (Å²) in [6.45, 7) is 6.85. The third-order valence-electron chi connectivity index (χ3n) is 6.14. The van der Waals surface area contributed by atoms with Crippen LogP contribution in [0.3, 0.4) is 0 Å². The third kappa shape index (κ3) is 7.91. The van der Waals surface area contributed by atoms with Crippen molar-refractivity contribution < 1.29 is 27.7 Å². The number of hydrogen-bond acceptors (Lipinski definition) is 7. The molecular formula is C26H36N4O7S. The molecule has 2 rings (SSSR count). The molecule has 0 bridgehead atoms. The Hall–Kier alpha value is -3.67. The summed E-state index contributed by atoms with van der Waals surface area (Å²) >= 11 is 0. The van der Waals surface area contributed by atoms with Gasteiger partial charge in [-0.2, -0.15) is 0 Å². The van der Waals surface area contributed by atoms with Gasteiger partial charge in [0.25, 0.3) is 5.69 Å². The Bertz CT molecular complexity index is 1270. The zero-order chi connectivity index (χ0) is 28.6. The molecule has 0 radical (unpaired) electrons. The van der Waals surface area contributed by atoms with Gasteiger partial charge in [0.2, 0.25) is 21.8 Å². The fraction of sp³-hybridized carbons (Fsp3) is 0.462. The molecule has 0 aliphatic heterocycles. The summed E-state index contributed by atoms with van der Waals surface area (Å²) in [4.78, 5) is 39.1. The quantitative estimate of drug-likeness (QED) is 0.299. The first kappa shape index (κ1) is 30.6. The second-order valence-corrected chi connectivity index (χ2v) is 11.0. The zero-order valence-corrected chi connectivity index (χ0v) is 23.4. The first-order chi connectivity index (χ1) is 17.8. The van der Waals surface area contributed by atoms with E-state index < -0.39 is 33.4 Å². The van der Waals surface area contributed by atoms with Gasteiger partial charge in [-0.25, -0.2) is 8.42 Å². The number of hydrogen-bond donors (Lipinski definition) is 1. The Morgan fingerprint density at radius 1 is 1.13 bits per heavy atom. The number of sulfonamides is 1. The number of anilines is 1. The molecule has 0 aliphatic rings. The number of aryl methyl sites for hydroxylation is 1. The molecule has 0 spiro atoms. The molecule has 2 atom stereocenters. The maximum absolute atomic E-state index is 13.8. The molecule has 0 saturated carbocycles. The molecule has 38 heavy (non-hydrogen) atoms. The molecule has 0 saturated heterocycles. The summed E-state index contributed by atoms with van der Waals surface area (Å²) in [5.41, 5.74) is 1.22. The number of amides is 2. The predicted octanol–water partition coefficient (Wildman–Crippen LogP) is 3.40. The number of methoxy groups -OCH3 is 1. The first-order valence-electron chi connectivity index (χ1n) is 12.3. The van der Waals surface area contributed by atoms with Crippen LogP contribution in [-0.2, 0) is 26.2 Å². The highest BCUT2D eigenvalue weighted by Gasteiger charge is 2.33. The van der Waals surface area contributed by atoms with Crippen LogP contribution in [0.15, 0.2) is 42.5 Å². The summed E-state index contributed by atoms with van der Waals surface area (Å²) in [5, 5.41) is 14.3. The Labute approximate surface area is 224 Å². The summed E-state index contributed by atoms with van der Waals surface area (Å²) in [7, 11) is -2.80. The van der Waals surface area contributed by atoms with Crippen LogP contribution < -0.4 is 14.4 Å². The molecule has 0 fully saturated rings. The van der Waals surface area contributed by atoms with Crippen molar-refractivity contribution in [1.82, 2.24) is 10.2 Å². The van der Waals surface area contributed by atoms with Gasteiger partial charge >= 0.3 is 0 Å². The number of non-ortho nitro benzene ring substituents is 1. The fourth-order valence-electron chi connectivity index (χ4n) is 3.95. The SMILES string of the molecule is CC[C@H](C(=O)N[C@@H](C)CC)N(Cc1cccc(C)c1)C(=O)CN(c1cc([N+](=O)[O-])ccc1OC)S(C)(=O)=O. The largest absolute Gasteiger partial charge is 0.495 e. The Kier molecular flexibility index (Phi) is 10.6. The number of rotatable bonds is 13. The average molecular weight is 549 g/mol. The van der Waals surface area contributed by atoms with E-state index in [1.807, 2.05) is 45.0 Å². The Morgan fingerprint density at radius 3 is 2.34 bits per heavy atom. The number of benzene rings is 2. The van der Waals surface area contributed by atoms with Crippen LogP contribution in [0.2, 0.25) is 0 Å². The lowest BCUT2D eigenvalue weighted by atomic mass is 10.1. The first-order valence-corrected chi connectivity index (χ1v) is 14.1. The normalized spacial score (nSPS) is 12.8. The highest BCUT2D eigenvalue weighted by molar-refractivity contribution is 7.92. The average Bonchev–Trinajstić information content (AvgIpc) is 2.85. The van der Waals surface area contributed by atoms with E-state index in [2.05, 4.69) is 5.32 Å². The van der Waals surface area contributed by atoms with Crippen LogP contribution in [0.25, 0.3) is 0 Å². The molecule has 11 nitrogen and oxygen atoms in total. The second-order valence-electron chi connectivity index (χ2n) is 9.14. The topological polar surface area (TPSA) is 139 Å². The van der Waals surface area contributed by atoms with E-state index in [-0.39, 0.29) is 35.6 Å². The maximum Gasteiger partial charge on any atom is 0.271 e. The van der Waals surface area contributed by atoms with Gasteiger partial charge in [0.1, 0.15) is 24.0 Å². The molecule has 0 unspecified atom stereocenters. The van der Waals surface area contributed by atoms with Gasteiger partial charge in [-0.3, -0.25) is 24.0 Å². The van der Waals surface area contributed by atoms with E-state index in [0.29, 0.717) is 12.8 Å². The predicted molar refractivity (Wildman–Crippen MR) is 146 cm³/mol. The fourth-order valence-corrected chi connectivity index (χ4v) is 4.79. The molecule has 2 aromatic rings. The molecule has 0 aromatic heterocycles. The van der Waals surface area contributed by atoms with Crippen LogP contribution in [0.4, 0.5) is 11.4 Å². The van der Waals surface area contributed by atoms with Crippen LogP contribution in [0, 0.1) is 17.0 Å². The molecule has 208 valence electrons. The van der Waals surface area contributed by atoms with Crippen molar-refractivity contribution in [3.05, 3.63) is 63.7 Å². The van der Waals surface area contributed by atoms with Crippen LogP contribution in [0.1, 0.15) is 44.7 Å². The van der Waals surface area contributed by atoms with Gasteiger partial charge in [-0.05, 0) is 38.3 Å². The molecule has 0 aliphatic carbocycles. The molecular weight excluding hydrogens is 512 g/mol. The van der Waals surface area contributed by atoms with E-state index in [1.165, 1.54) is 24.1 Å². The maximum atomic E-state index is 13.8. The molecule has 12 heteroatoms. The van der Waals surface area contributed by atoms with Gasteiger partial charge in [-0.15, -0.1) is 0 Å². The van der Waals surface area contributed by atoms with E-state index in [1.54, 1.807) is 6.92 Å². The van der Waals surface area contributed by atoms with Crippen molar-refractivity contribution in [2.24, 2.45) is 0 Å². The minimum Gasteiger partial charge on any atom is -0.495 e. The molecule has 2 amide bonds. The number of ether oxygens (including phenoxy) is 1. The van der Waals surface area contributed by atoms with E-state index in [0.717, 1.165) is 27.8 Å². The highest BCUT2D eigenvalue weighted by Crippen LogP contribution is 2.34. The number of carbonyl (C=O) groups excluding carboxylic acids is 2. The summed E-state index contributed by atoms with van der Waals surface area (Å²) < 4.78 is 31.7. The third-order valence-corrected chi connectivity index (χ3v) is 7.27. The van der Waals surface area contributed by atoms with Gasteiger partial charge in [0.05, 0.1) is 18.3 Å². The van der Waals surface area contributed by atoms with E-state index in [9.17, 15) is 28.1 Å². The van der Waals surface area contributed by atoms with E-state index in [4.69, 9.17) is 4.74 Å². The lowest BCUT2D eigenvalue weighted by Crippen LogP contribution is -2.53.